The third-order valence-corrected chi connectivity index (χ3v) is 1.45. The Bertz CT molecular complexity index is 162. The molecule has 0 aromatic heterocycles. The summed E-state index contributed by atoms with van der Waals surface area (Å²) in [6.45, 7) is -0.00200. The van der Waals surface area contributed by atoms with Gasteiger partial charge in [-0.2, -0.15) is 0 Å². The predicted molar refractivity (Wildman–Crippen MR) is 45.3 cm³/mol. The third kappa shape index (κ3) is 4.65. The topological polar surface area (TPSA) is 101 Å². The molecule has 11 heavy (non-hydrogen) atoms. The standard InChI is InChI=1S/C5H11N3O2S/c6-1-3(7)5(11)8-2-4(9)10/h3H,1-2,6-7H2,(H,8,11)(H,9,10). The van der Waals surface area contributed by atoms with E-state index in [4.69, 9.17) is 28.8 Å². The van der Waals surface area contributed by atoms with Gasteiger partial charge < -0.3 is 21.9 Å². The van der Waals surface area contributed by atoms with Crippen molar-refractivity contribution in [2.45, 2.75) is 6.04 Å². The van der Waals surface area contributed by atoms with E-state index in [-0.39, 0.29) is 18.1 Å². The fraction of sp³-hybridized carbons (Fsp3) is 0.600. The molecule has 6 heteroatoms. The van der Waals surface area contributed by atoms with E-state index in [1.54, 1.807) is 0 Å². The summed E-state index contributed by atoms with van der Waals surface area (Å²) in [5.74, 6) is -0.975. The molecule has 6 N–H and O–H groups in total. The molecule has 0 rings (SSSR count). The van der Waals surface area contributed by atoms with E-state index in [1.807, 2.05) is 0 Å². The van der Waals surface area contributed by atoms with E-state index in [0.717, 1.165) is 0 Å². The first-order valence-electron chi connectivity index (χ1n) is 3.03. The zero-order chi connectivity index (χ0) is 8.85. The molecule has 0 fully saturated rings. The Morgan fingerprint density at radius 1 is 1.73 bits per heavy atom. The zero-order valence-electron chi connectivity index (χ0n) is 5.91. The van der Waals surface area contributed by atoms with Crippen molar-refractivity contribution in [2.75, 3.05) is 13.1 Å². The van der Waals surface area contributed by atoms with Crippen LogP contribution in [0.1, 0.15) is 0 Å². The molecule has 5 nitrogen and oxygen atoms in total. The van der Waals surface area contributed by atoms with E-state index in [2.05, 4.69) is 5.32 Å². The van der Waals surface area contributed by atoms with Crippen LogP contribution >= 0.6 is 12.2 Å². The van der Waals surface area contributed by atoms with E-state index >= 15 is 0 Å². The first-order valence-corrected chi connectivity index (χ1v) is 3.44. The van der Waals surface area contributed by atoms with Crippen molar-refractivity contribution in [3.63, 3.8) is 0 Å². The number of rotatable bonds is 4. The summed E-state index contributed by atoms with van der Waals surface area (Å²) in [6.07, 6.45) is 0. The summed E-state index contributed by atoms with van der Waals surface area (Å²) in [6, 6.07) is -0.454. The number of nitrogens with one attached hydrogen (secondary N) is 1. The SMILES string of the molecule is NCC(N)C(=S)NCC(=O)O. The monoisotopic (exact) mass is 177 g/mol. The first-order chi connectivity index (χ1) is 5.07. The normalized spacial score (nSPS) is 12.2. The lowest BCUT2D eigenvalue weighted by Crippen LogP contribution is -2.45. The van der Waals surface area contributed by atoms with Crippen LogP contribution in [0.25, 0.3) is 0 Å². The van der Waals surface area contributed by atoms with Gasteiger partial charge in [-0.15, -0.1) is 0 Å². The largest absolute Gasteiger partial charge is 0.480 e. The van der Waals surface area contributed by atoms with Gasteiger partial charge in [0.15, 0.2) is 0 Å². The molecule has 0 aromatic carbocycles. The van der Waals surface area contributed by atoms with Gasteiger partial charge in [0.25, 0.3) is 0 Å². The minimum absolute atomic E-state index is 0.214. The molecular formula is C5H11N3O2S. The molecular weight excluding hydrogens is 166 g/mol. The number of hydrogen-bond acceptors (Lipinski definition) is 4. The summed E-state index contributed by atoms with van der Waals surface area (Å²) in [5, 5.41) is 10.7. The molecule has 0 aliphatic heterocycles. The second-order valence-corrected chi connectivity index (χ2v) is 2.39. The fourth-order valence-electron chi connectivity index (χ4n) is 0.401. The van der Waals surface area contributed by atoms with Crippen LogP contribution in [-0.4, -0.2) is 35.2 Å². The highest BCUT2D eigenvalue weighted by molar-refractivity contribution is 7.80. The van der Waals surface area contributed by atoms with E-state index < -0.39 is 12.0 Å². The average Bonchev–Trinajstić information content (AvgIpc) is 1.98. The van der Waals surface area contributed by atoms with Gasteiger partial charge in [-0.1, -0.05) is 12.2 Å². The number of carboxylic acid groups (broad SMARTS) is 1. The summed E-state index contributed by atoms with van der Waals surface area (Å²) < 4.78 is 0. The summed E-state index contributed by atoms with van der Waals surface area (Å²) in [4.78, 5) is 10.3. The Morgan fingerprint density at radius 3 is 2.64 bits per heavy atom. The van der Waals surface area contributed by atoms with Crippen LogP contribution in [0.3, 0.4) is 0 Å². The van der Waals surface area contributed by atoms with Gasteiger partial charge >= 0.3 is 5.97 Å². The van der Waals surface area contributed by atoms with Crippen LogP contribution in [0.4, 0.5) is 0 Å². The molecule has 0 aromatic rings. The highest BCUT2D eigenvalue weighted by Crippen LogP contribution is 1.78. The fourth-order valence-corrected chi connectivity index (χ4v) is 0.569. The van der Waals surface area contributed by atoms with Gasteiger partial charge in [0, 0.05) is 6.54 Å². The maximum atomic E-state index is 10.0. The van der Waals surface area contributed by atoms with Crippen LogP contribution in [0, 0.1) is 0 Å². The number of aliphatic carboxylic acids is 1. The Labute approximate surface area is 69.7 Å². The lowest BCUT2D eigenvalue weighted by molar-refractivity contribution is -0.135. The van der Waals surface area contributed by atoms with Gasteiger partial charge in [-0.3, -0.25) is 4.79 Å². The number of carboxylic acids is 1. The molecule has 1 atom stereocenters. The van der Waals surface area contributed by atoms with Gasteiger partial charge in [0.2, 0.25) is 0 Å². The highest BCUT2D eigenvalue weighted by Gasteiger charge is 2.06. The molecule has 0 aliphatic carbocycles. The third-order valence-electron chi connectivity index (χ3n) is 1.00. The quantitative estimate of drug-likeness (QED) is 0.381. The average molecular weight is 177 g/mol. The van der Waals surface area contributed by atoms with Crippen LogP contribution in [0.2, 0.25) is 0 Å². The minimum Gasteiger partial charge on any atom is -0.480 e. The van der Waals surface area contributed by atoms with Crippen LogP contribution in [-0.2, 0) is 4.79 Å². The maximum absolute atomic E-state index is 10.0. The molecule has 0 radical (unpaired) electrons. The summed E-state index contributed by atoms with van der Waals surface area (Å²) >= 11 is 4.71. The number of nitrogens with two attached hydrogens (primary N) is 2. The Balaban J connectivity index is 3.60. The molecule has 0 saturated carbocycles. The van der Waals surface area contributed by atoms with Crippen LogP contribution < -0.4 is 16.8 Å². The summed E-state index contributed by atoms with van der Waals surface area (Å²) in [7, 11) is 0. The lowest BCUT2D eigenvalue weighted by atomic mass is 10.3. The Kier molecular flexibility index (Phi) is 4.67. The van der Waals surface area contributed by atoms with Crippen molar-refractivity contribution < 1.29 is 9.90 Å². The van der Waals surface area contributed by atoms with Gasteiger partial charge in [0.1, 0.15) is 6.54 Å². The molecule has 0 amide bonds. The van der Waals surface area contributed by atoms with Crippen molar-refractivity contribution in [1.29, 1.82) is 0 Å². The molecule has 0 aliphatic rings. The van der Waals surface area contributed by atoms with Gasteiger partial charge in [0.05, 0.1) is 11.0 Å². The Hall–Kier alpha value is -0.720. The highest BCUT2D eigenvalue weighted by atomic mass is 32.1. The molecule has 0 heterocycles. The number of hydrogen-bond donors (Lipinski definition) is 4. The maximum Gasteiger partial charge on any atom is 0.322 e. The smallest absolute Gasteiger partial charge is 0.322 e. The number of thiocarbonyl (C=S) groups is 1. The molecule has 64 valence electrons. The van der Waals surface area contributed by atoms with Crippen molar-refractivity contribution in [3.8, 4) is 0 Å². The van der Waals surface area contributed by atoms with E-state index in [1.165, 1.54) is 0 Å². The second kappa shape index (κ2) is 5.00. The molecule has 0 bridgehead atoms. The van der Waals surface area contributed by atoms with Crippen LogP contribution in [0.5, 0.6) is 0 Å². The predicted octanol–water partition coefficient (Wildman–Crippen LogP) is -1.73. The van der Waals surface area contributed by atoms with Crippen molar-refractivity contribution in [2.24, 2.45) is 11.5 Å². The zero-order valence-corrected chi connectivity index (χ0v) is 6.73. The Morgan fingerprint density at radius 2 is 2.27 bits per heavy atom. The van der Waals surface area contributed by atoms with Crippen LogP contribution in [0.15, 0.2) is 0 Å². The number of carbonyl (C=O) groups is 1. The van der Waals surface area contributed by atoms with E-state index in [0.29, 0.717) is 0 Å². The summed E-state index contributed by atoms with van der Waals surface area (Å²) in [5.41, 5.74) is 10.6. The van der Waals surface area contributed by atoms with Gasteiger partial charge in [-0.25, -0.2) is 0 Å². The minimum atomic E-state index is -0.975. The second-order valence-electron chi connectivity index (χ2n) is 1.95. The first kappa shape index (κ1) is 10.3. The van der Waals surface area contributed by atoms with Crippen molar-refractivity contribution >= 4 is 23.2 Å². The van der Waals surface area contributed by atoms with Crippen molar-refractivity contribution in [1.82, 2.24) is 5.32 Å². The molecule has 0 saturated heterocycles. The molecule has 1 unspecified atom stereocenters. The van der Waals surface area contributed by atoms with Crippen molar-refractivity contribution in [3.05, 3.63) is 0 Å². The van der Waals surface area contributed by atoms with E-state index in [9.17, 15) is 4.79 Å². The molecule has 0 spiro atoms. The van der Waals surface area contributed by atoms with Gasteiger partial charge in [-0.05, 0) is 0 Å². The lowest BCUT2D eigenvalue weighted by Gasteiger charge is -2.10.